The van der Waals surface area contributed by atoms with Gasteiger partial charge in [0.2, 0.25) is 5.91 Å². The smallest absolute Gasteiger partial charge is 0.341 e. The van der Waals surface area contributed by atoms with Crippen LogP contribution in [0.15, 0.2) is 48.9 Å². The molecule has 0 saturated carbocycles. The van der Waals surface area contributed by atoms with Crippen LogP contribution in [0.3, 0.4) is 0 Å². The lowest BCUT2D eigenvalue weighted by molar-refractivity contribution is -0.142. The minimum atomic E-state index is -4.78. The van der Waals surface area contributed by atoms with Gasteiger partial charge in [0.05, 0.1) is 11.1 Å². The van der Waals surface area contributed by atoms with Gasteiger partial charge in [0, 0.05) is 45.3 Å². The van der Waals surface area contributed by atoms with Crippen molar-refractivity contribution < 1.29 is 36.7 Å². The van der Waals surface area contributed by atoms with Gasteiger partial charge in [-0.15, -0.1) is 0 Å². The summed E-state index contributed by atoms with van der Waals surface area (Å²) in [6, 6.07) is 3.54. The molecule has 1 unspecified atom stereocenters. The van der Waals surface area contributed by atoms with Crippen molar-refractivity contribution in [2.45, 2.75) is 51.0 Å². The Morgan fingerprint density at radius 1 is 1.07 bits per heavy atom. The van der Waals surface area contributed by atoms with Gasteiger partial charge < -0.3 is 19.5 Å². The summed E-state index contributed by atoms with van der Waals surface area (Å²) in [5.74, 6) is -3.69. The van der Waals surface area contributed by atoms with Gasteiger partial charge in [-0.3, -0.25) is 19.3 Å². The number of imide groups is 1. The molecule has 1 aromatic carbocycles. The number of alkyl halides is 3. The number of benzene rings is 1. The average molecular weight is 603 g/mol. The number of halogens is 4. The van der Waals surface area contributed by atoms with Crippen molar-refractivity contribution in [3.8, 4) is 0 Å². The molecule has 2 saturated heterocycles. The van der Waals surface area contributed by atoms with E-state index in [4.69, 9.17) is 0 Å². The molecule has 0 aliphatic carbocycles. The van der Waals surface area contributed by atoms with Gasteiger partial charge in [-0.2, -0.15) is 13.2 Å². The van der Waals surface area contributed by atoms with Crippen LogP contribution in [0, 0.1) is 11.7 Å². The molecule has 5 rings (SSSR count). The highest BCUT2D eigenvalue weighted by Crippen LogP contribution is 2.38. The fourth-order valence-electron chi connectivity index (χ4n) is 5.72. The van der Waals surface area contributed by atoms with Crippen LogP contribution in [0.25, 0.3) is 5.65 Å². The summed E-state index contributed by atoms with van der Waals surface area (Å²) < 4.78 is 55.6. The third kappa shape index (κ3) is 5.41. The van der Waals surface area contributed by atoms with Crippen molar-refractivity contribution in [3.05, 3.63) is 71.4 Å². The number of likely N-dealkylation sites (tertiary alicyclic amines) is 1. The van der Waals surface area contributed by atoms with Crippen LogP contribution in [-0.2, 0) is 22.3 Å². The quantitative estimate of drug-likeness (QED) is 0.342. The number of piperidine rings is 1. The van der Waals surface area contributed by atoms with E-state index in [0.29, 0.717) is 23.8 Å². The SMILES string of the molecule is CC(C)C(NC(=O)c1cc(C(F)(F)F)ccc1F)C(=O)N1CCC2(CC1)C(=O)N(C)C(=O)N2Cc1ccn2ccnc2c1. The highest BCUT2D eigenvalue weighted by atomic mass is 19.4. The average Bonchev–Trinajstić information content (AvgIpc) is 3.50. The van der Waals surface area contributed by atoms with Crippen LogP contribution in [0.1, 0.15) is 48.2 Å². The van der Waals surface area contributed by atoms with Crippen molar-refractivity contribution in [1.29, 1.82) is 0 Å². The molecule has 1 atom stereocenters. The topological polar surface area (TPSA) is 107 Å². The zero-order valence-corrected chi connectivity index (χ0v) is 23.7. The molecule has 228 valence electrons. The first kappa shape index (κ1) is 30.0. The molecule has 10 nitrogen and oxygen atoms in total. The second-order valence-corrected chi connectivity index (χ2v) is 11.2. The van der Waals surface area contributed by atoms with Gasteiger partial charge in [0.15, 0.2) is 0 Å². The maximum Gasteiger partial charge on any atom is 0.416 e. The first-order chi connectivity index (χ1) is 20.2. The van der Waals surface area contributed by atoms with Gasteiger partial charge in [-0.1, -0.05) is 13.8 Å². The first-order valence-corrected chi connectivity index (χ1v) is 13.7. The van der Waals surface area contributed by atoms with E-state index in [2.05, 4.69) is 10.3 Å². The van der Waals surface area contributed by atoms with Gasteiger partial charge in [0.1, 0.15) is 23.0 Å². The molecule has 0 bridgehead atoms. The van der Waals surface area contributed by atoms with Crippen LogP contribution < -0.4 is 5.32 Å². The molecule has 2 aliphatic rings. The molecule has 43 heavy (non-hydrogen) atoms. The lowest BCUT2D eigenvalue weighted by atomic mass is 9.85. The Balaban J connectivity index is 1.32. The second-order valence-electron chi connectivity index (χ2n) is 11.2. The molecule has 3 aromatic rings. The second kappa shape index (κ2) is 11.0. The number of hydrogen-bond donors (Lipinski definition) is 1. The molecule has 14 heteroatoms. The molecule has 2 fully saturated rings. The normalized spacial score (nSPS) is 17.8. The summed E-state index contributed by atoms with van der Waals surface area (Å²) in [4.78, 5) is 61.3. The first-order valence-electron chi connectivity index (χ1n) is 13.7. The van der Waals surface area contributed by atoms with Gasteiger partial charge in [0.25, 0.3) is 11.8 Å². The number of hydrogen-bond acceptors (Lipinski definition) is 5. The van der Waals surface area contributed by atoms with Crippen molar-refractivity contribution in [1.82, 2.24) is 29.4 Å². The number of aromatic nitrogens is 2. The van der Waals surface area contributed by atoms with Crippen molar-refractivity contribution in [2.24, 2.45) is 5.92 Å². The van der Waals surface area contributed by atoms with Gasteiger partial charge in [-0.05, 0) is 54.7 Å². The number of carbonyl (C=O) groups is 4. The minimum Gasteiger partial charge on any atom is -0.341 e. The third-order valence-electron chi connectivity index (χ3n) is 8.20. The molecule has 4 heterocycles. The van der Waals surface area contributed by atoms with Crippen molar-refractivity contribution in [2.75, 3.05) is 20.1 Å². The van der Waals surface area contributed by atoms with Gasteiger partial charge in [-0.25, -0.2) is 14.2 Å². The van der Waals surface area contributed by atoms with Crippen molar-refractivity contribution in [3.63, 3.8) is 0 Å². The number of imidazole rings is 1. The number of nitrogens with one attached hydrogen (secondary N) is 1. The van der Waals surface area contributed by atoms with Crippen molar-refractivity contribution >= 4 is 29.4 Å². The summed E-state index contributed by atoms with van der Waals surface area (Å²) in [7, 11) is 1.42. The summed E-state index contributed by atoms with van der Waals surface area (Å²) in [5.41, 5.74) is -1.74. The Labute approximate surface area is 244 Å². The zero-order chi connectivity index (χ0) is 31.3. The van der Waals surface area contributed by atoms with E-state index >= 15 is 0 Å². The predicted molar refractivity (Wildman–Crippen MR) is 145 cm³/mol. The van der Waals surface area contributed by atoms with Crippen LogP contribution in [0.4, 0.5) is 22.4 Å². The summed E-state index contributed by atoms with van der Waals surface area (Å²) >= 11 is 0. The Kier molecular flexibility index (Phi) is 7.65. The maximum absolute atomic E-state index is 14.3. The summed E-state index contributed by atoms with van der Waals surface area (Å²) in [6.07, 6.45) is 0.736. The fourth-order valence-corrected chi connectivity index (χ4v) is 5.72. The number of fused-ring (bicyclic) bond motifs is 1. The highest BCUT2D eigenvalue weighted by Gasteiger charge is 2.57. The predicted octanol–water partition coefficient (Wildman–Crippen LogP) is 3.70. The van der Waals surface area contributed by atoms with Gasteiger partial charge >= 0.3 is 12.2 Å². The number of amides is 5. The summed E-state index contributed by atoms with van der Waals surface area (Å²) in [6.45, 7) is 3.60. The Bertz CT molecular complexity index is 1600. The zero-order valence-electron chi connectivity index (χ0n) is 23.7. The third-order valence-corrected chi connectivity index (χ3v) is 8.20. The lowest BCUT2D eigenvalue weighted by Crippen LogP contribution is -2.60. The molecule has 0 radical (unpaired) electrons. The molecule has 1 spiro atoms. The number of nitrogens with zero attached hydrogens (tertiary/aromatic N) is 5. The van der Waals surface area contributed by atoms with E-state index in [9.17, 15) is 36.7 Å². The molecule has 1 N–H and O–H groups in total. The fraction of sp³-hybridized carbons (Fsp3) is 0.414. The molecule has 5 amide bonds. The maximum atomic E-state index is 14.3. The lowest BCUT2D eigenvalue weighted by Gasteiger charge is -2.43. The number of pyridine rings is 1. The molecular formula is C29H30F4N6O4. The van der Waals surface area contributed by atoms with E-state index in [0.717, 1.165) is 10.5 Å². The number of carbonyl (C=O) groups excluding carboxylic acids is 4. The molecular weight excluding hydrogens is 572 g/mol. The van der Waals surface area contributed by atoms with E-state index < -0.39 is 58.5 Å². The highest BCUT2D eigenvalue weighted by molar-refractivity contribution is 6.07. The van der Waals surface area contributed by atoms with E-state index in [1.165, 1.54) is 16.8 Å². The molecule has 2 aliphatic heterocycles. The van der Waals surface area contributed by atoms with Crippen LogP contribution >= 0.6 is 0 Å². The Morgan fingerprint density at radius 2 is 1.77 bits per heavy atom. The van der Waals surface area contributed by atoms with Crippen LogP contribution in [0.5, 0.6) is 0 Å². The van der Waals surface area contributed by atoms with Crippen LogP contribution in [0.2, 0.25) is 0 Å². The standard InChI is InChI=1S/C29H30F4N6O4/c1-17(2)23(35-24(40)20-15-19(29(31,32)33)4-5-21(20)30)25(41)38-11-7-28(8-12-38)26(42)36(3)27(43)39(28)16-18-6-10-37-13-9-34-22(37)14-18/h4-6,9-10,13-15,17,23H,7-8,11-12,16H2,1-3H3,(H,35,40). The monoisotopic (exact) mass is 602 g/mol. The largest absolute Gasteiger partial charge is 0.416 e. The number of urea groups is 1. The summed E-state index contributed by atoms with van der Waals surface area (Å²) in [5, 5.41) is 2.40. The van der Waals surface area contributed by atoms with E-state index in [-0.39, 0.29) is 38.4 Å². The number of rotatable bonds is 6. The Morgan fingerprint density at radius 3 is 2.42 bits per heavy atom. The van der Waals surface area contributed by atoms with E-state index in [1.54, 1.807) is 26.2 Å². The van der Waals surface area contributed by atoms with E-state index in [1.807, 2.05) is 22.7 Å². The minimum absolute atomic E-state index is 0.0818. The van der Waals surface area contributed by atoms with Crippen LogP contribution in [-0.4, -0.2) is 79.6 Å². The Hall–Kier alpha value is -4.49. The molecule has 2 aromatic heterocycles. The number of likely N-dealkylation sites (N-methyl/N-ethyl adjacent to an activating group) is 1.